The van der Waals surface area contributed by atoms with Crippen molar-refractivity contribution in [3.05, 3.63) is 29.1 Å². The largest absolute Gasteiger partial charge is 0.481 e. The van der Waals surface area contributed by atoms with Gasteiger partial charge in [-0.15, -0.1) is 0 Å². The van der Waals surface area contributed by atoms with Crippen molar-refractivity contribution in [3.63, 3.8) is 0 Å². The molecule has 4 rings (SSSR count). The van der Waals surface area contributed by atoms with E-state index in [0.29, 0.717) is 25.6 Å². The van der Waals surface area contributed by atoms with Crippen molar-refractivity contribution >= 4 is 11.9 Å². The summed E-state index contributed by atoms with van der Waals surface area (Å²) in [6.07, 6.45) is 6.48. The lowest BCUT2D eigenvalue weighted by Crippen LogP contribution is -2.49. The molecule has 0 aromatic carbocycles. The third kappa shape index (κ3) is 4.97. The lowest BCUT2D eigenvalue weighted by molar-refractivity contribution is -0.146. The van der Waals surface area contributed by atoms with E-state index in [4.69, 9.17) is 5.11 Å². The zero-order valence-corrected chi connectivity index (χ0v) is 20.5. The average Bonchev–Trinajstić information content (AvgIpc) is 3.24. The van der Waals surface area contributed by atoms with E-state index in [0.717, 1.165) is 63.4 Å². The fourth-order valence-corrected chi connectivity index (χ4v) is 6.25. The van der Waals surface area contributed by atoms with E-state index in [1.165, 1.54) is 12.3 Å². The van der Waals surface area contributed by atoms with Crippen molar-refractivity contribution < 1.29 is 23.5 Å². The first-order valence-electron chi connectivity index (χ1n) is 12.6. The van der Waals surface area contributed by atoms with Gasteiger partial charge in [-0.25, -0.2) is 8.78 Å². The molecule has 34 heavy (non-hydrogen) atoms. The maximum Gasteiger partial charge on any atom is 0.303 e. The monoisotopic (exact) mass is 477 g/mol. The molecule has 188 valence electrons. The van der Waals surface area contributed by atoms with Gasteiger partial charge in [0.05, 0.1) is 5.41 Å². The minimum Gasteiger partial charge on any atom is -0.481 e. The van der Waals surface area contributed by atoms with Crippen LogP contribution in [-0.2, 0) is 28.5 Å². The smallest absolute Gasteiger partial charge is 0.303 e. The Balaban J connectivity index is 1.45. The van der Waals surface area contributed by atoms with Crippen LogP contribution in [0.4, 0.5) is 8.78 Å². The van der Waals surface area contributed by atoms with Gasteiger partial charge >= 0.3 is 5.97 Å². The topological polar surface area (TPSA) is 73.7 Å². The van der Waals surface area contributed by atoms with E-state index < -0.39 is 17.3 Å². The number of hydrogen-bond donors (Lipinski definition) is 1. The Morgan fingerprint density at radius 2 is 1.94 bits per heavy atom. The summed E-state index contributed by atoms with van der Waals surface area (Å²) in [6.45, 7) is 7.80. The van der Waals surface area contributed by atoms with Crippen LogP contribution in [0.15, 0.2) is 12.3 Å². The van der Waals surface area contributed by atoms with Crippen molar-refractivity contribution in [2.75, 3.05) is 19.6 Å². The normalized spacial score (nSPS) is 26.6. The number of hydrogen-bond acceptors (Lipinski definition) is 4. The van der Waals surface area contributed by atoms with Crippen molar-refractivity contribution in [1.82, 2.24) is 14.8 Å². The van der Waals surface area contributed by atoms with Gasteiger partial charge in [-0.2, -0.15) is 0 Å². The van der Waals surface area contributed by atoms with Crippen molar-refractivity contribution in [3.8, 4) is 0 Å². The van der Waals surface area contributed by atoms with E-state index in [-0.39, 0.29) is 29.7 Å². The minimum absolute atomic E-state index is 0.105. The van der Waals surface area contributed by atoms with E-state index >= 15 is 0 Å². The van der Waals surface area contributed by atoms with Crippen molar-refractivity contribution in [2.24, 2.45) is 17.3 Å². The molecule has 1 amide bonds. The van der Waals surface area contributed by atoms with Crippen molar-refractivity contribution in [2.45, 2.75) is 84.2 Å². The second-order valence-corrected chi connectivity index (χ2v) is 11.0. The number of pyridine rings is 1. The third-order valence-corrected chi connectivity index (χ3v) is 8.52. The number of likely N-dealkylation sites (tertiary alicyclic amines) is 1. The maximum absolute atomic E-state index is 13.9. The zero-order valence-electron chi connectivity index (χ0n) is 20.5. The zero-order chi connectivity index (χ0) is 24.7. The number of carboxylic acid groups (broad SMARTS) is 1. The third-order valence-electron chi connectivity index (χ3n) is 8.52. The molecule has 0 bridgehead atoms. The number of aromatic nitrogens is 1. The molecule has 2 fully saturated rings. The number of piperidine rings is 1. The van der Waals surface area contributed by atoms with Crippen LogP contribution in [0.2, 0.25) is 0 Å². The molecular formula is C26H37F2N3O3. The number of carboxylic acids is 1. The predicted molar refractivity (Wildman–Crippen MR) is 124 cm³/mol. The quantitative estimate of drug-likeness (QED) is 0.655. The summed E-state index contributed by atoms with van der Waals surface area (Å²) >= 11 is 0. The number of aliphatic carboxylic acids is 1. The second-order valence-electron chi connectivity index (χ2n) is 11.0. The number of rotatable bonds is 6. The molecule has 1 aromatic rings. The minimum atomic E-state index is -2.95. The van der Waals surface area contributed by atoms with E-state index in [1.807, 2.05) is 4.90 Å². The molecule has 1 N–H and O–H groups in total. The molecule has 2 atom stereocenters. The Labute approximate surface area is 200 Å². The molecule has 1 saturated heterocycles. The standard InChI is InChI=1S/C26H37F2N3O3/c1-17(2)26(8-4-21(14-26)30-9-5-18(6-10-30)12-23(32)33)24(34)31-11-7-22-19(16-31)13-20(15-29-22)25(3,27)28/h13,15,17-18,21H,4-12,14,16H2,1-3H3,(H,32,33). The summed E-state index contributed by atoms with van der Waals surface area (Å²) < 4.78 is 27.7. The number of nitrogens with zero attached hydrogens (tertiary/aromatic N) is 3. The summed E-state index contributed by atoms with van der Waals surface area (Å²) in [6, 6.07) is 1.85. The van der Waals surface area contributed by atoms with Gasteiger partial charge < -0.3 is 14.9 Å². The molecule has 0 spiro atoms. The first-order valence-corrected chi connectivity index (χ1v) is 12.6. The predicted octanol–water partition coefficient (Wildman–Crippen LogP) is 4.46. The molecule has 2 unspecified atom stereocenters. The van der Waals surface area contributed by atoms with Crippen LogP contribution in [-0.4, -0.2) is 57.4 Å². The van der Waals surface area contributed by atoms with Gasteiger partial charge in [0.25, 0.3) is 5.92 Å². The summed E-state index contributed by atoms with van der Waals surface area (Å²) in [4.78, 5) is 33.6. The van der Waals surface area contributed by atoms with E-state index in [9.17, 15) is 18.4 Å². The molecule has 3 aliphatic rings. The number of alkyl halides is 2. The highest BCUT2D eigenvalue weighted by molar-refractivity contribution is 5.83. The number of carbonyl (C=O) groups is 2. The fourth-order valence-electron chi connectivity index (χ4n) is 6.25. The van der Waals surface area contributed by atoms with Gasteiger partial charge in [-0.1, -0.05) is 13.8 Å². The highest BCUT2D eigenvalue weighted by atomic mass is 19.3. The van der Waals surface area contributed by atoms with Crippen LogP contribution < -0.4 is 0 Å². The highest BCUT2D eigenvalue weighted by Crippen LogP contribution is 2.48. The number of fused-ring (bicyclic) bond motifs is 1. The van der Waals surface area contributed by atoms with Gasteiger partial charge in [-0.3, -0.25) is 14.6 Å². The van der Waals surface area contributed by atoms with Gasteiger partial charge in [-0.05, 0) is 68.7 Å². The SMILES string of the molecule is CC(C)C1(C(=O)N2CCc3ncc(C(C)(F)F)cc3C2)CCC(N2CCC(CC(=O)O)CC2)C1. The van der Waals surface area contributed by atoms with Crippen LogP contribution in [0.5, 0.6) is 0 Å². The van der Waals surface area contributed by atoms with Gasteiger partial charge in [0.15, 0.2) is 0 Å². The molecule has 0 radical (unpaired) electrons. The second kappa shape index (κ2) is 9.51. The Bertz CT molecular complexity index is 924. The molecule has 1 aromatic heterocycles. The van der Waals surface area contributed by atoms with Crippen molar-refractivity contribution in [1.29, 1.82) is 0 Å². The summed E-state index contributed by atoms with van der Waals surface area (Å²) in [7, 11) is 0. The van der Waals surface area contributed by atoms with Gasteiger partial charge in [0.1, 0.15) is 0 Å². The molecular weight excluding hydrogens is 440 g/mol. The summed E-state index contributed by atoms with van der Waals surface area (Å²) in [5.74, 6) is -3.11. The Morgan fingerprint density at radius 3 is 2.56 bits per heavy atom. The fraction of sp³-hybridized carbons (Fsp3) is 0.731. The maximum atomic E-state index is 13.9. The Kier molecular flexibility index (Phi) is 7.00. The van der Waals surface area contributed by atoms with Gasteiger partial charge in [0.2, 0.25) is 5.91 Å². The van der Waals surface area contributed by atoms with Crippen LogP contribution in [0.3, 0.4) is 0 Å². The molecule has 1 aliphatic carbocycles. The summed E-state index contributed by atoms with van der Waals surface area (Å²) in [5.41, 5.74) is 0.989. The number of halogens is 2. The lowest BCUT2D eigenvalue weighted by Gasteiger charge is -2.41. The van der Waals surface area contributed by atoms with Gasteiger partial charge in [0, 0.05) is 56.4 Å². The van der Waals surface area contributed by atoms with Crippen LogP contribution in [0.1, 0.15) is 76.1 Å². The van der Waals surface area contributed by atoms with E-state index in [2.05, 4.69) is 23.7 Å². The van der Waals surface area contributed by atoms with E-state index in [1.54, 1.807) is 0 Å². The Hall–Kier alpha value is -2.09. The average molecular weight is 478 g/mol. The Morgan fingerprint density at radius 1 is 1.24 bits per heavy atom. The van der Waals surface area contributed by atoms with Crippen LogP contribution >= 0.6 is 0 Å². The van der Waals surface area contributed by atoms with Crippen LogP contribution in [0, 0.1) is 17.3 Å². The lowest BCUT2D eigenvalue weighted by atomic mass is 9.73. The number of amides is 1. The van der Waals surface area contributed by atoms with Crippen LogP contribution in [0.25, 0.3) is 0 Å². The number of carbonyl (C=O) groups excluding carboxylic acids is 1. The summed E-state index contributed by atoms with van der Waals surface area (Å²) in [5, 5.41) is 9.08. The molecule has 2 aliphatic heterocycles. The molecule has 6 nitrogen and oxygen atoms in total. The first-order chi connectivity index (χ1) is 16.0. The molecule has 1 saturated carbocycles. The highest BCUT2D eigenvalue weighted by Gasteiger charge is 2.51. The molecule has 8 heteroatoms. The molecule has 3 heterocycles. The first kappa shape index (κ1) is 25.0.